The van der Waals surface area contributed by atoms with Crippen LogP contribution < -0.4 is 5.32 Å². The molecule has 0 radical (unpaired) electrons. The summed E-state index contributed by atoms with van der Waals surface area (Å²) in [6, 6.07) is 2.79. The summed E-state index contributed by atoms with van der Waals surface area (Å²) in [6.45, 7) is 6.35. The fourth-order valence-corrected chi connectivity index (χ4v) is 2.62. The Kier molecular flexibility index (Phi) is 4.47. The zero-order valence-electron chi connectivity index (χ0n) is 12.3. The first-order valence-electron chi connectivity index (χ1n) is 7.16. The number of amides is 2. The number of hydrogen-bond acceptors (Lipinski definition) is 3. The van der Waals surface area contributed by atoms with Crippen LogP contribution in [0.25, 0.3) is 0 Å². The average molecular weight is 278 g/mol. The first kappa shape index (κ1) is 14.6. The fraction of sp³-hybridized carbons (Fsp3) is 0.600. The highest BCUT2D eigenvalue weighted by atomic mass is 16.3. The Morgan fingerprint density at radius 1 is 1.40 bits per heavy atom. The third kappa shape index (κ3) is 3.03. The van der Waals surface area contributed by atoms with Gasteiger partial charge in [-0.2, -0.15) is 0 Å². The molecule has 1 fully saturated rings. The van der Waals surface area contributed by atoms with Crippen molar-refractivity contribution in [2.75, 3.05) is 0 Å². The molecule has 2 amide bonds. The van der Waals surface area contributed by atoms with E-state index >= 15 is 0 Å². The number of carbonyl (C=O) groups excluding carboxylic acids is 2. The van der Waals surface area contributed by atoms with Crippen LogP contribution in [0.4, 0.5) is 0 Å². The van der Waals surface area contributed by atoms with Crippen molar-refractivity contribution in [3.05, 3.63) is 24.2 Å². The van der Waals surface area contributed by atoms with Crippen molar-refractivity contribution in [3.63, 3.8) is 0 Å². The summed E-state index contributed by atoms with van der Waals surface area (Å²) in [4.78, 5) is 26.4. The zero-order valence-corrected chi connectivity index (χ0v) is 12.3. The van der Waals surface area contributed by atoms with Crippen LogP contribution in [-0.2, 0) is 16.1 Å². The van der Waals surface area contributed by atoms with Crippen molar-refractivity contribution in [2.45, 2.75) is 52.2 Å². The maximum atomic E-state index is 12.6. The predicted octanol–water partition coefficient (Wildman–Crippen LogP) is 1.93. The van der Waals surface area contributed by atoms with Gasteiger partial charge in [-0.05, 0) is 30.9 Å². The fourth-order valence-electron chi connectivity index (χ4n) is 2.62. The molecule has 1 N–H and O–H groups in total. The maximum Gasteiger partial charge on any atom is 0.246 e. The molecule has 1 aromatic rings. The molecular formula is C15H22N2O3. The van der Waals surface area contributed by atoms with E-state index in [9.17, 15) is 9.59 Å². The molecule has 1 aromatic heterocycles. The van der Waals surface area contributed by atoms with Gasteiger partial charge in [0.1, 0.15) is 17.8 Å². The van der Waals surface area contributed by atoms with E-state index in [0.29, 0.717) is 31.1 Å². The Labute approximate surface area is 119 Å². The summed E-state index contributed by atoms with van der Waals surface area (Å²) in [5.41, 5.74) is 0. The van der Waals surface area contributed by atoms with Gasteiger partial charge in [-0.3, -0.25) is 9.59 Å². The van der Waals surface area contributed by atoms with Gasteiger partial charge >= 0.3 is 0 Å². The number of nitrogens with one attached hydrogen (secondary N) is 1. The molecule has 0 aromatic carbocycles. The highest BCUT2D eigenvalue weighted by Gasteiger charge is 2.39. The molecule has 2 unspecified atom stereocenters. The van der Waals surface area contributed by atoms with Crippen LogP contribution in [0.3, 0.4) is 0 Å². The maximum absolute atomic E-state index is 12.6. The van der Waals surface area contributed by atoms with Gasteiger partial charge in [0.05, 0.1) is 12.8 Å². The number of hydrogen-bond donors (Lipinski definition) is 1. The molecule has 1 saturated heterocycles. The highest BCUT2D eigenvalue weighted by Crippen LogP contribution is 2.20. The normalized spacial score (nSPS) is 23.3. The monoisotopic (exact) mass is 278 g/mol. The Bertz CT molecular complexity index is 467. The van der Waals surface area contributed by atoms with Crippen LogP contribution in [0.5, 0.6) is 0 Å². The number of piperazine rings is 1. The van der Waals surface area contributed by atoms with Crippen LogP contribution in [0.15, 0.2) is 22.8 Å². The largest absolute Gasteiger partial charge is 0.467 e. The van der Waals surface area contributed by atoms with E-state index in [1.807, 2.05) is 26.8 Å². The molecule has 2 rings (SSSR count). The van der Waals surface area contributed by atoms with E-state index in [0.717, 1.165) is 0 Å². The van der Waals surface area contributed by atoms with Crippen LogP contribution in [0.1, 0.15) is 39.4 Å². The molecular weight excluding hydrogens is 256 g/mol. The van der Waals surface area contributed by atoms with Gasteiger partial charge in [0, 0.05) is 0 Å². The topological polar surface area (TPSA) is 62.6 Å². The molecule has 20 heavy (non-hydrogen) atoms. The van der Waals surface area contributed by atoms with Crippen molar-refractivity contribution in [1.29, 1.82) is 0 Å². The molecule has 1 aliphatic rings. The van der Waals surface area contributed by atoms with E-state index in [1.54, 1.807) is 17.2 Å². The molecule has 1 aliphatic heterocycles. The second-order valence-electron chi connectivity index (χ2n) is 5.66. The van der Waals surface area contributed by atoms with Gasteiger partial charge in [0.15, 0.2) is 0 Å². The van der Waals surface area contributed by atoms with Gasteiger partial charge in [-0.25, -0.2) is 0 Å². The first-order chi connectivity index (χ1) is 9.52. The van der Waals surface area contributed by atoms with E-state index in [-0.39, 0.29) is 11.8 Å². The van der Waals surface area contributed by atoms with Crippen LogP contribution >= 0.6 is 0 Å². The second kappa shape index (κ2) is 6.11. The van der Waals surface area contributed by atoms with E-state index < -0.39 is 12.1 Å². The molecule has 0 bridgehead atoms. The highest BCUT2D eigenvalue weighted by molar-refractivity contribution is 5.96. The minimum Gasteiger partial charge on any atom is -0.467 e. The van der Waals surface area contributed by atoms with E-state index in [2.05, 4.69) is 5.32 Å². The molecule has 2 heterocycles. The lowest BCUT2D eigenvalue weighted by molar-refractivity contribution is -0.150. The predicted molar refractivity (Wildman–Crippen MR) is 74.7 cm³/mol. The third-order valence-electron chi connectivity index (χ3n) is 3.58. The Morgan fingerprint density at radius 3 is 2.70 bits per heavy atom. The lowest BCUT2D eigenvalue weighted by atomic mass is 9.97. The summed E-state index contributed by atoms with van der Waals surface area (Å²) in [5, 5.41) is 2.85. The molecule has 2 atom stereocenters. The summed E-state index contributed by atoms with van der Waals surface area (Å²) >= 11 is 0. The Balaban J connectivity index is 2.18. The van der Waals surface area contributed by atoms with Crippen LogP contribution in [0.2, 0.25) is 0 Å². The Hall–Kier alpha value is -1.78. The van der Waals surface area contributed by atoms with Crippen LogP contribution in [-0.4, -0.2) is 28.8 Å². The van der Waals surface area contributed by atoms with Crippen molar-refractivity contribution >= 4 is 11.8 Å². The quantitative estimate of drug-likeness (QED) is 0.895. The number of rotatable bonds is 5. The van der Waals surface area contributed by atoms with Gasteiger partial charge in [0.25, 0.3) is 0 Å². The number of furan rings is 1. The van der Waals surface area contributed by atoms with Gasteiger partial charge in [-0.15, -0.1) is 0 Å². The van der Waals surface area contributed by atoms with Crippen LogP contribution in [0, 0.1) is 5.92 Å². The summed E-state index contributed by atoms with van der Waals surface area (Å²) in [7, 11) is 0. The van der Waals surface area contributed by atoms with Gasteiger partial charge in [0.2, 0.25) is 11.8 Å². The van der Waals surface area contributed by atoms with Crippen molar-refractivity contribution < 1.29 is 14.0 Å². The third-order valence-corrected chi connectivity index (χ3v) is 3.58. The lowest BCUT2D eigenvalue weighted by Gasteiger charge is -2.38. The van der Waals surface area contributed by atoms with E-state index in [1.165, 1.54) is 0 Å². The van der Waals surface area contributed by atoms with Crippen molar-refractivity contribution in [3.8, 4) is 0 Å². The first-order valence-corrected chi connectivity index (χ1v) is 7.16. The Morgan fingerprint density at radius 2 is 2.15 bits per heavy atom. The summed E-state index contributed by atoms with van der Waals surface area (Å²) in [5.74, 6) is 0.980. The van der Waals surface area contributed by atoms with E-state index in [4.69, 9.17) is 4.42 Å². The minimum atomic E-state index is -0.416. The number of nitrogens with zero attached hydrogens (tertiary/aromatic N) is 1. The van der Waals surface area contributed by atoms with Crippen molar-refractivity contribution in [2.24, 2.45) is 5.92 Å². The van der Waals surface area contributed by atoms with Gasteiger partial charge < -0.3 is 14.6 Å². The lowest BCUT2D eigenvalue weighted by Crippen LogP contribution is -2.62. The average Bonchev–Trinajstić information content (AvgIpc) is 2.88. The molecule has 0 saturated carbocycles. The zero-order chi connectivity index (χ0) is 14.7. The van der Waals surface area contributed by atoms with Gasteiger partial charge in [-0.1, -0.05) is 20.8 Å². The second-order valence-corrected chi connectivity index (χ2v) is 5.66. The standard InChI is InChI=1S/C15H22N2O3/c1-4-13-14(18)16-12(8-10(2)3)15(19)17(13)9-11-6-5-7-20-11/h5-7,10,12-13H,4,8-9H2,1-3H3,(H,16,18). The van der Waals surface area contributed by atoms with Crippen molar-refractivity contribution in [1.82, 2.24) is 10.2 Å². The molecule has 5 nitrogen and oxygen atoms in total. The minimum absolute atomic E-state index is 0.0125. The molecule has 5 heteroatoms. The smallest absolute Gasteiger partial charge is 0.246 e. The molecule has 0 aliphatic carbocycles. The SMILES string of the molecule is CCC1C(=O)NC(CC(C)C)C(=O)N1Cc1ccco1. The molecule has 0 spiro atoms. The number of carbonyl (C=O) groups is 2. The molecule has 110 valence electrons. The summed E-state index contributed by atoms with van der Waals surface area (Å²) in [6.07, 6.45) is 2.85. The summed E-state index contributed by atoms with van der Waals surface area (Å²) < 4.78 is 5.30.